The summed E-state index contributed by atoms with van der Waals surface area (Å²) in [5.41, 5.74) is 3.82. The number of alkyl halides is 2. The largest absolute Gasteiger partial charge is 0.435 e. The van der Waals surface area contributed by atoms with Gasteiger partial charge in [0, 0.05) is 5.70 Å². The molecule has 2 aromatic carbocycles. The van der Waals surface area contributed by atoms with Crippen LogP contribution < -0.4 is 10.1 Å². The van der Waals surface area contributed by atoms with Crippen LogP contribution >= 0.6 is 0 Å². The van der Waals surface area contributed by atoms with Gasteiger partial charge in [0.2, 0.25) is 5.95 Å². The van der Waals surface area contributed by atoms with Gasteiger partial charge in [0.15, 0.2) is 0 Å². The standard InChI is InChI=1S/C18H15F2N5O/c1-11-2-4-13(5-3-11)16-10-15(21-18-22-23-24-25(16)18)12-6-8-14(9-7-12)26-17(19)20/h2-10,16-17H,1H3,(H,21,22,24)/t16-/m0/s1. The Morgan fingerprint density at radius 1 is 1.08 bits per heavy atom. The van der Waals surface area contributed by atoms with Crippen molar-refractivity contribution in [2.45, 2.75) is 19.6 Å². The first-order valence-electron chi connectivity index (χ1n) is 7.99. The maximum Gasteiger partial charge on any atom is 0.387 e. The number of tetrazole rings is 1. The van der Waals surface area contributed by atoms with Gasteiger partial charge in [0.1, 0.15) is 11.8 Å². The number of allylic oxidation sites excluding steroid dienone is 1. The number of ether oxygens (including phenoxy) is 1. The van der Waals surface area contributed by atoms with Crippen molar-refractivity contribution in [2.75, 3.05) is 5.32 Å². The van der Waals surface area contributed by atoms with E-state index in [1.165, 1.54) is 17.7 Å². The molecule has 1 aromatic heterocycles. The Labute approximate surface area is 148 Å². The molecule has 0 radical (unpaired) electrons. The van der Waals surface area contributed by atoms with Crippen molar-refractivity contribution < 1.29 is 13.5 Å². The summed E-state index contributed by atoms with van der Waals surface area (Å²) in [6, 6.07) is 14.4. The number of aromatic nitrogens is 4. The van der Waals surface area contributed by atoms with Crippen molar-refractivity contribution in [3.05, 3.63) is 71.3 Å². The first-order valence-corrected chi connectivity index (χ1v) is 7.99. The molecule has 0 fully saturated rings. The van der Waals surface area contributed by atoms with Crippen molar-refractivity contribution in [2.24, 2.45) is 0 Å². The van der Waals surface area contributed by atoms with Crippen LogP contribution in [-0.4, -0.2) is 26.8 Å². The second kappa shape index (κ2) is 6.55. The summed E-state index contributed by atoms with van der Waals surface area (Å²) in [5.74, 6) is 0.626. The van der Waals surface area contributed by atoms with Crippen molar-refractivity contribution in [1.82, 2.24) is 20.2 Å². The van der Waals surface area contributed by atoms with Crippen LogP contribution in [0, 0.1) is 6.92 Å². The van der Waals surface area contributed by atoms with Crippen LogP contribution in [0.25, 0.3) is 5.70 Å². The molecule has 26 heavy (non-hydrogen) atoms. The highest BCUT2D eigenvalue weighted by Crippen LogP contribution is 2.32. The van der Waals surface area contributed by atoms with Crippen LogP contribution in [0.15, 0.2) is 54.6 Å². The van der Waals surface area contributed by atoms with Crippen LogP contribution in [0.1, 0.15) is 22.7 Å². The number of aryl methyl sites for hydroxylation is 1. The van der Waals surface area contributed by atoms with Crippen LogP contribution in [0.2, 0.25) is 0 Å². The zero-order chi connectivity index (χ0) is 18.1. The highest BCUT2D eigenvalue weighted by atomic mass is 19.3. The molecular weight excluding hydrogens is 340 g/mol. The van der Waals surface area contributed by atoms with E-state index >= 15 is 0 Å². The van der Waals surface area contributed by atoms with Gasteiger partial charge in [-0.2, -0.15) is 13.5 Å². The Balaban J connectivity index is 1.69. The number of nitrogens with zero attached hydrogens (tertiary/aromatic N) is 4. The molecular formula is C18H15F2N5O. The summed E-state index contributed by atoms with van der Waals surface area (Å²) in [7, 11) is 0. The summed E-state index contributed by atoms with van der Waals surface area (Å²) in [6.45, 7) is -0.817. The molecule has 1 aliphatic rings. The molecule has 0 amide bonds. The molecule has 0 saturated heterocycles. The number of nitrogens with one attached hydrogen (secondary N) is 1. The van der Waals surface area contributed by atoms with E-state index in [4.69, 9.17) is 0 Å². The second-order valence-corrected chi connectivity index (χ2v) is 5.91. The molecule has 1 aliphatic heterocycles. The van der Waals surface area contributed by atoms with Crippen molar-refractivity contribution in [1.29, 1.82) is 0 Å². The summed E-state index contributed by atoms with van der Waals surface area (Å²) in [6.07, 6.45) is 2.00. The molecule has 1 N–H and O–H groups in total. The zero-order valence-corrected chi connectivity index (χ0v) is 13.8. The van der Waals surface area contributed by atoms with Crippen LogP contribution in [0.3, 0.4) is 0 Å². The number of benzene rings is 2. The molecule has 0 unspecified atom stereocenters. The third kappa shape index (κ3) is 3.13. The lowest BCUT2D eigenvalue weighted by atomic mass is 10.0. The van der Waals surface area contributed by atoms with E-state index in [1.54, 1.807) is 16.8 Å². The summed E-state index contributed by atoms with van der Waals surface area (Å²) in [5, 5.41) is 15.0. The molecule has 0 aliphatic carbocycles. The van der Waals surface area contributed by atoms with E-state index in [2.05, 4.69) is 25.6 Å². The molecule has 8 heteroatoms. The first kappa shape index (κ1) is 16.2. The van der Waals surface area contributed by atoms with Crippen molar-refractivity contribution >= 4 is 11.6 Å². The molecule has 132 valence electrons. The average molecular weight is 355 g/mol. The number of hydrogen-bond donors (Lipinski definition) is 1. The quantitative estimate of drug-likeness (QED) is 0.774. The van der Waals surface area contributed by atoms with E-state index in [9.17, 15) is 8.78 Å². The normalized spacial score (nSPS) is 16.0. The maximum atomic E-state index is 12.3. The molecule has 0 saturated carbocycles. The smallest absolute Gasteiger partial charge is 0.387 e. The molecule has 6 nitrogen and oxygen atoms in total. The number of hydrogen-bond acceptors (Lipinski definition) is 5. The van der Waals surface area contributed by atoms with Gasteiger partial charge < -0.3 is 10.1 Å². The lowest BCUT2D eigenvalue weighted by molar-refractivity contribution is -0.0498. The third-order valence-electron chi connectivity index (χ3n) is 4.14. The maximum absolute atomic E-state index is 12.3. The van der Waals surface area contributed by atoms with E-state index < -0.39 is 6.61 Å². The fourth-order valence-electron chi connectivity index (χ4n) is 2.84. The van der Waals surface area contributed by atoms with E-state index in [-0.39, 0.29) is 11.8 Å². The summed E-state index contributed by atoms with van der Waals surface area (Å²) in [4.78, 5) is 0. The Kier molecular flexibility index (Phi) is 4.08. The topological polar surface area (TPSA) is 64.9 Å². The first-order chi connectivity index (χ1) is 12.6. The molecule has 0 bridgehead atoms. The van der Waals surface area contributed by atoms with Gasteiger partial charge in [0.25, 0.3) is 0 Å². The monoisotopic (exact) mass is 355 g/mol. The second-order valence-electron chi connectivity index (χ2n) is 5.91. The van der Waals surface area contributed by atoms with Crippen LogP contribution in [-0.2, 0) is 0 Å². The zero-order valence-electron chi connectivity index (χ0n) is 13.8. The summed E-state index contributed by atoms with van der Waals surface area (Å²) >= 11 is 0. The van der Waals surface area contributed by atoms with Crippen molar-refractivity contribution in [3.8, 4) is 5.75 Å². The van der Waals surface area contributed by atoms with E-state index in [0.29, 0.717) is 5.95 Å². The minimum absolute atomic E-state index is 0.111. The summed E-state index contributed by atoms with van der Waals surface area (Å²) < 4.78 is 30.7. The minimum Gasteiger partial charge on any atom is -0.435 e. The van der Waals surface area contributed by atoms with E-state index in [0.717, 1.165) is 16.8 Å². The Morgan fingerprint density at radius 3 is 2.50 bits per heavy atom. The minimum atomic E-state index is -2.84. The number of anilines is 1. The fourth-order valence-corrected chi connectivity index (χ4v) is 2.84. The Bertz CT molecular complexity index is 935. The Morgan fingerprint density at radius 2 is 1.81 bits per heavy atom. The molecule has 4 rings (SSSR count). The third-order valence-corrected chi connectivity index (χ3v) is 4.14. The van der Waals surface area contributed by atoms with Gasteiger partial charge in [-0.15, -0.1) is 0 Å². The van der Waals surface area contributed by atoms with Gasteiger partial charge in [-0.25, -0.2) is 0 Å². The van der Waals surface area contributed by atoms with Gasteiger partial charge in [0.05, 0.1) is 0 Å². The predicted octanol–water partition coefficient (Wildman–Crippen LogP) is 3.64. The molecule has 0 spiro atoms. The van der Waals surface area contributed by atoms with Gasteiger partial charge in [-0.1, -0.05) is 34.9 Å². The fraction of sp³-hybridized carbons (Fsp3) is 0.167. The predicted molar refractivity (Wildman–Crippen MR) is 91.8 cm³/mol. The number of halogens is 2. The SMILES string of the molecule is Cc1ccc([C@@H]2C=C(c3ccc(OC(F)F)cc3)Nc3nnnn32)cc1. The average Bonchev–Trinajstić information content (AvgIpc) is 3.10. The van der Waals surface area contributed by atoms with Gasteiger partial charge in [-0.3, -0.25) is 0 Å². The lowest BCUT2D eigenvalue weighted by Crippen LogP contribution is -2.20. The highest BCUT2D eigenvalue weighted by Gasteiger charge is 2.24. The van der Waals surface area contributed by atoms with Gasteiger partial charge in [-0.05, 0) is 58.8 Å². The molecule has 2 heterocycles. The van der Waals surface area contributed by atoms with Crippen LogP contribution in [0.4, 0.5) is 14.7 Å². The highest BCUT2D eigenvalue weighted by molar-refractivity contribution is 5.77. The van der Waals surface area contributed by atoms with Gasteiger partial charge >= 0.3 is 6.61 Å². The van der Waals surface area contributed by atoms with E-state index in [1.807, 2.05) is 37.3 Å². The Hall–Kier alpha value is -3.29. The van der Waals surface area contributed by atoms with Crippen LogP contribution in [0.5, 0.6) is 5.75 Å². The lowest BCUT2D eigenvalue weighted by Gasteiger charge is -2.23. The van der Waals surface area contributed by atoms with Crippen molar-refractivity contribution in [3.63, 3.8) is 0 Å². The molecule has 3 aromatic rings. The molecule has 1 atom stereocenters. The number of rotatable bonds is 4. The number of fused-ring (bicyclic) bond motifs is 1.